The highest BCUT2D eigenvalue weighted by Gasteiger charge is 2.06. The minimum atomic E-state index is -0.569. The summed E-state index contributed by atoms with van der Waals surface area (Å²) in [5, 5.41) is 2.85. The lowest BCUT2D eigenvalue weighted by Gasteiger charge is -2.19. The van der Waals surface area contributed by atoms with Crippen LogP contribution in [0.25, 0.3) is 6.08 Å². The summed E-state index contributed by atoms with van der Waals surface area (Å²) in [5.41, 5.74) is 6.93. The fraction of sp³-hybridized carbons (Fsp3) is 0.238. The van der Waals surface area contributed by atoms with Crippen molar-refractivity contribution in [2.75, 3.05) is 38.8 Å². The van der Waals surface area contributed by atoms with Crippen molar-refractivity contribution in [3.05, 3.63) is 60.2 Å². The lowest BCUT2D eigenvalue weighted by molar-refractivity contribution is -0.120. The second-order valence-electron chi connectivity index (χ2n) is 6.05. The van der Waals surface area contributed by atoms with E-state index in [-0.39, 0.29) is 12.5 Å². The van der Waals surface area contributed by atoms with Gasteiger partial charge in [0.25, 0.3) is 5.91 Å². The Labute approximate surface area is 164 Å². The number of likely N-dealkylation sites (N-methyl/N-ethyl adjacent to an activating group) is 1. The van der Waals surface area contributed by atoms with Crippen LogP contribution in [0.3, 0.4) is 0 Å². The molecule has 2 aromatic carbocycles. The van der Waals surface area contributed by atoms with E-state index in [0.717, 1.165) is 11.3 Å². The van der Waals surface area contributed by atoms with Crippen molar-refractivity contribution in [2.45, 2.75) is 0 Å². The van der Waals surface area contributed by atoms with Gasteiger partial charge in [-0.15, -0.1) is 0 Å². The van der Waals surface area contributed by atoms with Crippen LogP contribution in [0.4, 0.5) is 5.69 Å². The molecule has 0 aliphatic heterocycles. The molecule has 0 saturated heterocycles. The van der Waals surface area contributed by atoms with Crippen LogP contribution in [0, 0.1) is 0 Å². The highest BCUT2D eigenvalue weighted by atomic mass is 16.5. The quantitative estimate of drug-likeness (QED) is 0.611. The smallest absolute Gasteiger partial charge is 0.255 e. The van der Waals surface area contributed by atoms with Crippen molar-refractivity contribution >= 4 is 23.6 Å². The summed E-state index contributed by atoms with van der Waals surface area (Å²) in [4.78, 5) is 24.9. The predicted molar refractivity (Wildman–Crippen MR) is 109 cm³/mol. The summed E-state index contributed by atoms with van der Waals surface area (Å²) in [6.45, 7) is 0.993. The van der Waals surface area contributed by atoms with E-state index < -0.39 is 5.91 Å². The molecule has 2 rings (SSSR count). The molecule has 2 amide bonds. The highest BCUT2D eigenvalue weighted by Crippen LogP contribution is 2.28. The maximum absolute atomic E-state index is 12.0. The van der Waals surface area contributed by atoms with E-state index in [1.807, 2.05) is 37.4 Å². The molecule has 0 aliphatic rings. The van der Waals surface area contributed by atoms with Crippen LogP contribution >= 0.6 is 0 Å². The number of para-hydroxylation sites is 1. The fourth-order valence-electron chi connectivity index (χ4n) is 2.45. The van der Waals surface area contributed by atoms with Gasteiger partial charge in [0.1, 0.15) is 0 Å². The molecular formula is C21H25N3O4. The monoisotopic (exact) mass is 383 g/mol. The molecule has 148 valence electrons. The van der Waals surface area contributed by atoms with Gasteiger partial charge in [0.15, 0.2) is 18.1 Å². The van der Waals surface area contributed by atoms with E-state index in [1.54, 1.807) is 24.3 Å². The molecule has 0 bridgehead atoms. The third kappa shape index (κ3) is 6.68. The minimum absolute atomic E-state index is 0.186. The van der Waals surface area contributed by atoms with Crippen LogP contribution < -0.4 is 25.4 Å². The molecule has 0 heterocycles. The maximum atomic E-state index is 12.0. The van der Waals surface area contributed by atoms with Crippen LogP contribution in [0.5, 0.6) is 11.5 Å². The molecule has 2 aromatic rings. The van der Waals surface area contributed by atoms with Gasteiger partial charge < -0.3 is 25.4 Å². The van der Waals surface area contributed by atoms with Crippen LogP contribution in [0.15, 0.2) is 54.6 Å². The van der Waals surface area contributed by atoms with Crippen molar-refractivity contribution in [1.29, 1.82) is 0 Å². The van der Waals surface area contributed by atoms with E-state index in [2.05, 4.69) is 10.2 Å². The molecular weight excluding hydrogens is 358 g/mol. The largest absolute Gasteiger partial charge is 0.493 e. The van der Waals surface area contributed by atoms with Crippen LogP contribution in [-0.4, -0.2) is 45.7 Å². The Morgan fingerprint density at radius 3 is 2.57 bits per heavy atom. The molecule has 0 aromatic heterocycles. The first-order valence-electron chi connectivity index (χ1n) is 8.81. The number of hydrogen-bond acceptors (Lipinski definition) is 5. The molecule has 3 N–H and O–H groups in total. The van der Waals surface area contributed by atoms with E-state index >= 15 is 0 Å². The van der Waals surface area contributed by atoms with Gasteiger partial charge in [0.2, 0.25) is 5.91 Å². The second kappa shape index (κ2) is 10.6. The number of nitrogens with zero attached hydrogens (tertiary/aromatic N) is 1. The van der Waals surface area contributed by atoms with Crippen molar-refractivity contribution in [1.82, 2.24) is 5.32 Å². The van der Waals surface area contributed by atoms with Gasteiger partial charge >= 0.3 is 0 Å². The summed E-state index contributed by atoms with van der Waals surface area (Å²) in [5.74, 6) is 0.107. The van der Waals surface area contributed by atoms with Crippen molar-refractivity contribution < 1.29 is 19.1 Å². The summed E-state index contributed by atoms with van der Waals surface area (Å²) in [7, 11) is 3.47. The van der Waals surface area contributed by atoms with Crippen LogP contribution in [-0.2, 0) is 9.59 Å². The second-order valence-corrected chi connectivity index (χ2v) is 6.05. The van der Waals surface area contributed by atoms with Gasteiger partial charge in [0.05, 0.1) is 7.11 Å². The Bertz CT molecular complexity index is 822. The SMILES string of the molecule is COc1cc(/C=C/C(=O)NCCN(C)c2ccccc2)ccc1OCC(N)=O. The summed E-state index contributed by atoms with van der Waals surface area (Å²) < 4.78 is 10.5. The van der Waals surface area contributed by atoms with Crippen molar-refractivity contribution in [3.63, 3.8) is 0 Å². The summed E-state index contributed by atoms with van der Waals surface area (Å²) in [6, 6.07) is 15.1. The van der Waals surface area contributed by atoms with Gasteiger partial charge in [-0.1, -0.05) is 24.3 Å². The molecule has 0 aliphatic carbocycles. The third-order valence-electron chi connectivity index (χ3n) is 3.93. The molecule has 7 nitrogen and oxygen atoms in total. The fourth-order valence-corrected chi connectivity index (χ4v) is 2.45. The molecule has 0 fully saturated rings. The standard InChI is InChI=1S/C21H25N3O4/c1-24(17-6-4-3-5-7-17)13-12-23-21(26)11-9-16-8-10-18(19(14-16)27-2)28-15-20(22)25/h3-11,14H,12-13,15H2,1-2H3,(H2,22,25)(H,23,26)/b11-9+. The van der Waals surface area contributed by atoms with Crippen molar-refractivity contribution in [3.8, 4) is 11.5 Å². The van der Waals surface area contributed by atoms with Gasteiger partial charge in [-0.25, -0.2) is 0 Å². The van der Waals surface area contributed by atoms with E-state index in [1.165, 1.54) is 13.2 Å². The Morgan fingerprint density at radius 2 is 1.89 bits per heavy atom. The number of methoxy groups -OCH3 is 1. The predicted octanol–water partition coefficient (Wildman–Crippen LogP) is 1.83. The number of nitrogens with one attached hydrogen (secondary N) is 1. The third-order valence-corrected chi connectivity index (χ3v) is 3.93. The zero-order valence-electron chi connectivity index (χ0n) is 16.1. The van der Waals surface area contributed by atoms with E-state index in [9.17, 15) is 9.59 Å². The van der Waals surface area contributed by atoms with Gasteiger partial charge in [-0.2, -0.15) is 0 Å². The molecule has 7 heteroatoms. The molecule has 0 saturated carbocycles. The van der Waals surface area contributed by atoms with Crippen LogP contribution in [0.2, 0.25) is 0 Å². The number of carbonyl (C=O) groups excluding carboxylic acids is 2. The number of ether oxygens (including phenoxy) is 2. The number of nitrogens with two attached hydrogens (primary N) is 1. The molecule has 0 unspecified atom stereocenters. The van der Waals surface area contributed by atoms with Crippen molar-refractivity contribution in [2.24, 2.45) is 5.73 Å². The lowest BCUT2D eigenvalue weighted by Crippen LogP contribution is -2.31. The van der Waals surface area contributed by atoms with Gasteiger partial charge in [-0.05, 0) is 35.9 Å². The number of anilines is 1. The van der Waals surface area contributed by atoms with E-state index in [0.29, 0.717) is 24.6 Å². The molecule has 0 spiro atoms. The summed E-state index contributed by atoms with van der Waals surface area (Å²) >= 11 is 0. The Morgan fingerprint density at radius 1 is 1.14 bits per heavy atom. The first-order valence-corrected chi connectivity index (χ1v) is 8.81. The van der Waals surface area contributed by atoms with Gasteiger partial charge in [0, 0.05) is 31.9 Å². The Balaban J connectivity index is 1.85. The van der Waals surface area contributed by atoms with Crippen LogP contribution in [0.1, 0.15) is 5.56 Å². The number of primary amides is 1. The maximum Gasteiger partial charge on any atom is 0.255 e. The number of hydrogen-bond donors (Lipinski definition) is 2. The number of benzene rings is 2. The normalized spacial score (nSPS) is 10.5. The Hall–Kier alpha value is -3.48. The lowest BCUT2D eigenvalue weighted by atomic mass is 10.2. The summed E-state index contributed by atoms with van der Waals surface area (Å²) in [6.07, 6.45) is 3.14. The first-order chi connectivity index (χ1) is 13.5. The zero-order chi connectivity index (χ0) is 20.4. The molecule has 0 radical (unpaired) electrons. The molecule has 0 atom stereocenters. The van der Waals surface area contributed by atoms with E-state index in [4.69, 9.17) is 15.2 Å². The number of carbonyl (C=O) groups is 2. The number of amides is 2. The Kier molecular flexibility index (Phi) is 7.90. The highest BCUT2D eigenvalue weighted by molar-refractivity contribution is 5.91. The zero-order valence-corrected chi connectivity index (χ0v) is 16.1. The number of rotatable bonds is 10. The molecule has 28 heavy (non-hydrogen) atoms. The average molecular weight is 383 g/mol. The topological polar surface area (TPSA) is 93.9 Å². The average Bonchev–Trinajstić information content (AvgIpc) is 2.71. The first kappa shape index (κ1) is 20.8. The van der Waals surface area contributed by atoms with Gasteiger partial charge in [-0.3, -0.25) is 9.59 Å². The minimum Gasteiger partial charge on any atom is -0.493 e.